The van der Waals surface area contributed by atoms with Crippen molar-refractivity contribution >= 4 is 48.9 Å². The van der Waals surface area contributed by atoms with Crippen LogP contribution in [0.1, 0.15) is 25.3 Å². The van der Waals surface area contributed by atoms with Crippen molar-refractivity contribution in [3.63, 3.8) is 0 Å². The number of anilines is 2. The summed E-state index contributed by atoms with van der Waals surface area (Å²) in [7, 11) is -4.73. The van der Waals surface area contributed by atoms with Crippen LogP contribution in [0, 0.1) is 0 Å². The van der Waals surface area contributed by atoms with Crippen molar-refractivity contribution in [3.8, 4) is 0 Å². The van der Waals surface area contributed by atoms with E-state index in [9.17, 15) is 28.5 Å². The van der Waals surface area contributed by atoms with Gasteiger partial charge in [-0.3, -0.25) is 32.5 Å². The van der Waals surface area contributed by atoms with Gasteiger partial charge in [-0.25, -0.2) is 18.9 Å². The maximum Gasteiger partial charge on any atom is 0.472 e. The van der Waals surface area contributed by atoms with Gasteiger partial charge in [0, 0.05) is 24.8 Å². The highest BCUT2D eigenvalue weighted by Crippen LogP contribution is 2.60. The quantitative estimate of drug-likeness (QED) is 0.229. The van der Waals surface area contributed by atoms with Gasteiger partial charge < -0.3 is 30.7 Å². The molecule has 0 amide bonds. The topological polar surface area (TPSA) is 271 Å². The molecule has 3 aliphatic rings. The van der Waals surface area contributed by atoms with Crippen LogP contribution in [0.2, 0.25) is 0 Å². The summed E-state index contributed by atoms with van der Waals surface area (Å²) < 4.78 is 56.5. The number of nitrogens with zero attached hydrogens (tertiary/aromatic N) is 5. The third-order valence-corrected chi connectivity index (χ3v) is 10.7. The van der Waals surface area contributed by atoms with Gasteiger partial charge in [0.1, 0.15) is 36.6 Å². The molecule has 6 rings (SSSR count). The summed E-state index contributed by atoms with van der Waals surface area (Å²) in [6.45, 7) is -4.93. The van der Waals surface area contributed by atoms with Crippen LogP contribution >= 0.6 is 26.0 Å². The molecule has 3 aromatic rings. The predicted octanol–water partition coefficient (Wildman–Crippen LogP) is -0.150. The minimum absolute atomic E-state index is 0.00438. The number of aromatic amines is 1. The average molecular weight is 634 g/mol. The second kappa shape index (κ2) is 10.6. The van der Waals surface area contributed by atoms with E-state index < -0.39 is 69.3 Å². The summed E-state index contributed by atoms with van der Waals surface area (Å²) in [5.74, 6) is -0.351. The van der Waals surface area contributed by atoms with E-state index in [2.05, 4.69) is 19.9 Å². The third-order valence-electron chi connectivity index (χ3n) is 6.62. The molecular formula is C19H24N8O11P2S. The second-order valence-electron chi connectivity index (χ2n) is 9.36. The number of aromatic nitrogens is 6. The molecule has 3 fully saturated rings. The molecule has 0 aliphatic carbocycles. The Morgan fingerprint density at radius 3 is 2.46 bits per heavy atom. The van der Waals surface area contributed by atoms with Crippen LogP contribution in [0.25, 0.3) is 11.2 Å². The minimum atomic E-state index is -4.73. The zero-order valence-corrected chi connectivity index (χ0v) is 23.4. The van der Waals surface area contributed by atoms with E-state index in [0.717, 1.165) is 4.57 Å². The molecule has 0 radical (unpaired) electrons. The summed E-state index contributed by atoms with van der Waals surface area (Å²) in [4.78, 5) is 59.7. The number of hydrogen-bond acceptors (Lipinski definition) is 15. The molecule has 22 heteroatoms. The van der Waals surface area contributed by atoms with Crippen molar-refractivity contribution in [2.24, 2.45) is 0 Å². The Kier molecular flexibility index (Phi) is 7.34. The zero-order valence-electron chi connectivity index (χ0n) is 20.8. The lowest BCUT2D eigenvalue weighted by Gasteiger charge is -2.26. The van der Waals surface area contributed by atoms with E-state index in [-0.39, 0.29) is 41.5 Å². The molecule has 41 heavy (non-hydrogen) atoms. The third kappa shape index (κ3) is 5.85. The summed E-state index contributed by atoms with van der Waals surface area (Å²) in [6.07, 6.45) is -3.64. The number of hydrogen-bond donors (Lipinski definition) is 5. The van der Waals surface area contributed by atoms with Crippen molar-refractivity contribution in [1.82, 2.24) is 29.1 Å². The molecule has 222 valence electrons. The number of rotatable bonds is 2. The lowest BCUT2D eigenvalue weighted by Crippen LogP contribution is -2.31. The van der Waals surface area contributed by atoms with Crippen LogP contribution in [0.15, 0.2) is 28.2 Å². The highest BCUT2D eigenvalue weighted by molar-refractivity contribution is 8.54. The number of nitrogens with one attached hydrogen (secondary N) is 1. The first kappa shape index (κ1) is 28.5. The lowest BCUT2D eigenvalue weighted by molar-refractivity contribution is -0.0474. The molecule has 6 heterocycles. The number of nitrogen functional groups attached to an aromatic ring is 2. The fourth-order valence-corrected chi connectivity index (χ4v) is 8.54. The number of nitrogens with two attached hydrogens (primary N) is 2. The van der Waals surface area contributed by atoms with Gasteiger partial charge in [0.25, 0.3) is 5.56 Å². The van der Waals surface area contributed by atoms with Crippen LogP contribution in [0.3, 0.4) is 0 Å². The normalized spacial score (nSPS) is 36.3. The van der Waals surface area contributed by atoms with Crippen molar-refractivity contribution in [3.05, 3.63) is 39.4 Å². The number of ether oxygens (including phenoxy) is 2. The summed E-state index contributed by atoms with van der Waals surface area (Å²) in [6, 6.07) is 1.37. The smallest absolute Gasteiger partial charge is 0.383 e. The number of H-pyrrole nitrogens is 1. The van der Waals surface area contributed by atoms with E-state index in [1.807, 2.05) is 0 Å². The van der Waals surface area contributed by atoms with E-state index >= 15 is 0 Å². The molecule has 8 atom stereocenters. The Labute approximate surface area is 233 Å². The molecule has 0 saturated carbocycles. The first-order valence-corrected chi connectivity index (χ1v) is 16.7. The monoisotopic (exact) mass is 634 g/mol. The lowest BCUT2D eigenvalue weighted by atomic mass is 10.2. The maximum atomic E-state index is 13.1. The SMILES string of the molecule is Nc1ccn([C@H]2C[C@@H]3OP(=O)(O)SC[C@H]4O[C@@H](n5cnc6c(=O)[nH]c(N)nc65)C[C@@H]4OP(=O)(O)OC[C@H]3O2)c(=O)n1. The molecule has 0 spiro atoms. The fourth-order valence-electron chi connectivity index (χ4n) is 4.80. The Hall–Kier alpha value is -2.64. The average Bonchev–Trinajstić information content (AvgIpc) is 3.58. The first-order chi connectivity index (χ1) is 19.4. The van der Waals surface area contributed by atoms with Crippen LogP contribution < -0.4 is 22.7 Å². The van der Waals surface area contributed by atoms with Crippen LogP contribution in [-0.2, 0) is 32.2 Å². The number of imidazole rings is 1. The molecule has 3 aliphatic heterocycles. The molecule has 7 N–H and O–H groups in total. The Balaban J connectivity index is 1.24. The largest absolute Gasteiger partial charge is 0.472 e. The molecule has 19 nitrogen and oxygen atoms in total. The van der Waals surface area contributed by atoms with Gasteiger partial charge in [-0.15, -0.1) is 0 Å². The summed E-state index contributed by atoms with van der Waals surface area (Å²) in [5.41, 5.74) is 10.0. The standard InChI is InChI=1S/C19H24N8O11P2S/c20-12-1-2-26(19(29)23-12)13-3-8-10(35-13)5-34-39(30,31)37-9-4-14(36-11(9)6-41-40(32,33)38-8)27-7-22-15-16(27)24-18(21)25-17(15)28/h1-2,7-11,13-14H,3-6H2,(H,30,31)(H,32,33)(H2,20,23,29)(H3,21,24,25,28)/t8-,9-,10+,11+,13+,14+/m0/s1. The first-order valence-electron chi connectivity index (χ1n) is 12.1. The molecule has 3 saturated heterocycles. The Bertz CT molecular complexity index is 1700. The Morgan fingerprint density at radius 1 is 1.00 bits per heavy atom. The van der Waals surface area contributed by atoms with Crippen LogP contribution in [0.4, 0.5) is 11.8 Å². The maximum absolute atomic E-state index is 13.1. The molecule has 0 aromatic carbocycles. The highest BCUT2D eigenvalue weighted by atomic mass is 32.7. The van der Waals surface area contributed by atoms with E-state index in [1.54, 1.807) is 0 Å². The molecule has 2 unspecified atom stereocenters. The van der Waals surface area contributed by atoms with E-state index in [4.69, 9.17) is 34.5 Å². The highest BCUT2D eigenvalue weighted by Gasteiger charge is 2.47. The van der Waals surface area contributed by atoms with Gasteiger partial charge in [-0.05, 0) is 17.4 Å². The summed E-state index contributed by atoms with van der Waals surface area (Å²) in [5, 5.41) is 0. The number of phosphoric ester groups is 1. The van der Waals surface area contributed by atoms with Crippen LogP contribution in [0.5, 0.6) is 0 Å². The van der Waals surface area contributed by atoms with Gasteiger partial charge in [0.05, 0.1) is 19.0 Å². The van der Waals surface area contributed by atoms with E-state index in [0.29, 0.717) is 11.4 Å². The number of phosphoric acid groups is 1. The number of fused-ring (bicyclic) bond motifs is 3. The minimum Gasteiger partial charge on any atom is -0.383 e. The van der Waals surface area contributed by atoms with Gasteiger partial charge in [-0.2, -0.15) is 9.97 Å². The van der Waals surface area contributed by atoms with Crippen molar-refractivity contribution < 1.29 is 42.0 Å². The van der Waals surface area contributed by atoms with Crippen molar-refractivity contribution in [2.75, 3.05) is 23.8 Å². The summed E-state index contributed by atoms with van der Waals surface area (Å²) >= 11 is 0.532. The second-order valence-corrected chi connectivity index (χ2v) is 14.7. The van der Waals surface area contributed by atoms with E-state index in [1.165, 1.54) is 23.2 Å². The van der Waals surface area contributed by atoms with Crippen LogP contribution in [-0.4, -0.2) is 75.6 Å². The molecule has 0 bridgehead atoms. The van der Waals surface area contributed by atoms with Gasteiger partial charge in [-0.1, -0.05) is 0 Å². The predicted molar refractivity (Wildman–Crippen MR) is 140 cm³/mol. The zero-order chi connectivity index (χ0) is 29.1. The van der Waals surface area contributed by atoms with Gasteiger partial charge in [0.15, 0.2) is 11.2 Å². The molecular weight excluding hydrogens is 610 g/mol. The molecule has 3 aromatic heterocycles. The Morgan fingerprint density at radius 2 is 1.71 bits per heavy atom. The van der Waals surface area contributed by atoms with Gasteiger partial charge in [0.2, 0.25) is 5.95 Å². The van der Waals surface area contributed by atoms with Crippen molar-refractivity contribution in [1.29, 1.82) is 0 Å². The van der Waals surface area contributed by atoms with Crippen molar-refractivity contribution in [2.45, 2.75) is 49.7 Å². The fraction of sp³-hybridized carbons (Fsp3) is 0.526. The van der Waals surface area contributed by atoms with Gasteiger partial charge >= 0.3 is 20.3 Å².